The minimum Gasteiger partial charge on any atom is -0.347 e. The predicted octanol–water partition coefficient (Wildman–Crippen LogP) is 0.0987. The Hall–Kier alpha value is -1.69. The fourth-order valence-electron chi connectivity index (χ4n) is 1.71. The summed E-state index contributed by atoms with van der Waals surface area (Å²) in [4.78, 5) is 22.0. The Labute approximate surface area is 151 Å². The first kappa shape index (κ1) is 21.4. The van der Waals surface area contributed by atoms with E-state index in [4.69, 9.17) is 16.7 Å². The number of hydrogen-bond acceptors (Lipinski definition) is 6. The number of carbonyl (C=O) groups excluding carboxylic acids is 2. The van der Waals surface area contributed by atoms with E-state index in [9.17, 15) is 26.4 Å². The van der Waals surface area contributed by atoms with Crippen LogP contribution in [0.4, 0.5) is 0 Å². The molecule has 25 heavy (non-hydrogen) atoms. The SMILES string of the molecule is CCCCC(=O)NCC(=O)NS(=O)(=O)c1cc(Cl)cc(S(N)(=O)=O)c1. The number of benzene rings is 1. The molecule has 0 aliphatic carbocycles. The summed E-state index contributed by atoms with van der Waals surface area (Å²) in [5.41, 5.74) is 0. The maximum absolute atomic E-state index is 12.2. The van der Waals surface area contributed by atoms with E-state index in [2.05, 4.69) is 5.32 Å². The molecule has 0 fully saturated rings. The lowest BCUT2D eigenvalue weighted by atomic mass is 10.2. The maximum Gasteiger partial charge on any atom is 0.264 e. The Balaban J connectivity index is 2.87. The molecule has 1 aromatic rings. The molecule has 0 aliphatic rings. The average Bonchev–Trinajstić information content (AvgIpc) is 2.49. The van der Waals surface area contributed by atoms with Gasteiger partial charge in [-0.05, 0) is 24.6 Å². The molecule has 4 N–H and O–H groups in total. The van der Waals surface area contributed by atoms with Gasteiger partial charge in [0.2, 0.25) is 15.9 Å². The topological polar surface area (TPSA) is 152 Å². The van der Waals surface area contributed by atoms with Crippen LogP contribution in [0.5, 0.6) is 0 Å². The minimum absolute atomic E-state index is 0.188. The molecule has 1 rings (SSSR count). The van der Waals surface area contributed by atoms with Gasteiger partial charge in [-0.25, -0.2) is 26.7 Å². The minimum atomic E-state index is -4.38. The first-order valence-corrected chi connectivity index (χ1v) is 10.5. The summed E-state index contributed by atoms with van der Waals surface area (Å²) in [6.45, 7) is 1.36. The standard InChI is InChI=1S/C13H18ClN3O6S2/c1-2-3-4-12(18)16-8-13(19)17-25(22,23)11-6-9(14)5-10(7-11)24(15,20)21/h5-7H,2-4,8H2,1H3,(H,16,18)(H,17,19)(H2,15,20,21). The normalized spacial score (nSPS) is 11.8. The number of sulfonamides is 2. The Morgan fingerprint density at radius 2 is 1.68 bits per heavy atom. The third-order valence-corrected chi connectivity index (χ3v) is 5.40. The van der Waals surface area contributed by atoms with E-state index in [0.717, 1.165) is 24.6 Å². The molecule has 2 amide bonds. The zero-order valence-corrected chi connectivity index (χ0v) is 15.7. The highest BCUT2D eigenvalue weighted by molar-refractivity contribution is 7.90. The van der Waals surface area contributed by atoms with Crippen molar-refractivity contribution in [3.63, 3.8) is 0 Å². The molecular weight excluding hydrogens is 394 g/mol. The summed E-state index contributed by atoms with van der Waals surface area (Å²) < 4.78 is 48.7. The summed E-state index contributed by atoms with van der Waals surface area (Å²) in [7, 11) is -8.57. The van der Waals surface area contributed by atoms with Crippen molar-refractivity contribution in [2.75, 3.05) is 6.54 Å². The third kappa shape index (κ3) is 6.98. The molecule has 0 bridgehead atoms. The van der Waals surface area contributed by atoms with Gasteiger partial charge in [0.15, 0.2) is 0 Å². The molecule has 0 saturated carbocycles. The lowest BCUT2D eigenvalue weighted by Gasteiger charge is -2.09. The van der Waals surface area contributed by atoms with Crippen molar-refractivity contribution < 1.29 is 26.4 Å². The molecule has 0 aliphatic heterocycles. The van der Waals surface area contributed by atoms with Crippen LogP contribution in [0, 0.1) is 0 Å². The molecule has 0 radical (unpaired) electrons. The highest BCUT2D eigenvalue weighted by Crippen LogP contribution is 2.21. The molecule has 140 valence electrons. The number of amides is 2. The fourth-order valence-corrected chi connectivity index (χ4v) is 3.78. The van der Waals surface area contributed by atoms with E-state index in [1.807, 2.05) is 6.92 Å². The number of primary sulfonamides is 1. The van der Waals surface area contributed by atoms with Gasteiger partial charge < -0.3 is 5.32 Å². The van der Waals surface area contributed by atoms with E-state index in [1.54, 1.807) is 4.72 Å². The van der Waals surface area contributed by atoms with Crippen LogP contribution in [0.2, 0.25) is 5.02 Å². The Morgan fingerprint density at radius 3 is 2.24 bits per heavy atom. The summed E-state index contributed by atoms with van der Waals surface area (Å²) in [5.74, 6) is -1.37. The van der Waals surface area contributed by atoms with Crippen LogP contribution in [0.3, 0.4) is 0 Å². The van der Waals surface area contributed by atoms with E-state index in [-0.39, 0.29) is 17.4 Å². The molecule has 0 atom stereocenters. The van der Waals surface area contributed by atoms with E-state index >= 15 is 0 Å². The molecule has 12 heteroatoms. The van der Waals surface area contributed by atoms with Crippen molar-refractivity contribution in [2.24, 2.45) is 5.14 Å². The molecule has 0 unspecified atom stereocenters. The van der Waals surface area contributed by atoms with Gasteiger partial charge in [-0.2, -0.15) is 0 Å². The number of unbranched alkanes of at least 4 members (excludes halogenated alkanes) is 1. The number of hydrogen-bond donors (Lipinski definition) is 3. The van der Waals surface area contributed by atoms with Crippen molar-refractivity contribution in [1.29, 1.82) is 0 Å². The van der Waals surface area contributed by atoms with Gasteiger partial charge in [-0.15, -0.1) is 0 Å². The zero-order valence-electron chi connectivity index (χ0n) is 13.3. The van der Waals surface area contributed by atoms with Gasteiger partial charge in [-0.3, -0.25) is 9.59 Å². The predicted molar refractivity (Wildman–Crippen MR) is 90.7 cm³/mol. The molecule has 0 aromatic heterocycles. The second-order valence-electron chi connectivity index (χ2n) is 5.08. The van der Waals surface area contributed by atoms with Crippen molar-refractivity contribution in [2.45, 2.75) is 36.0 Å². The van der Waals surface area contributed by atoms with Gasteiger partial charge in [-0.1, -0.05) is 24.9 Å². The molecule has 1 aromatic carbocycles. The molecular formula is C13H18ClN3O6S2. The number of nitrogens with two attached hydrogens (primary N) is 1. The smallest absolute Gasteiger partial charge is 0.264 e. The van der Waals surface area contributed by atoms with Gasteiger partial charge in [0.25, 0.3) is 15.9 Å². The van der Waals surface area contributed by atoms with Gasteiger partial charge in [0.05, 0.1) is 16.3 Å². The maximum atomic E-state index is 12.2. The van der Waals surface area contributed by atoms with Crippen LogP contribution in [0.25, 0.3) is 0 Å². The first-order valence-electron chi connectivity index (χ1n) is 7.11. The highest BCUT2D eigenvalue weighted by Gasteiger charge is 2.21. The first-order chi connectivity index (χ1) is 11.5. The Bertz CT molecular complexity index is 868. The molecule has 0 saturated heterocycles. The number of carbonyl (C=O) groups is 2. The van der Waals surface area contributed by atoms with Crippen LogP contribution in [-0.2, 0) is 29.6 Å². The summed E-state index contributed by atoms with van der Waals surface area (Å²) in [5, 5.41) is 7.04. The van der Waals surface area contributed by atoms with Crippen LogP contribution < -0.4 is 15.2 Å². The van der Waals surface area contributed by atoms with Gasteiger partial charge in [0.1, 0.15) is 0 Å². The monoisotopic (exact) mass is 411 g/mol. The van der Waals surface area contributed by atoms with Crippen LogP contribution in [-0.4, -0.2) is 35.2 Å². The number of halogens is 1. The quantitative estimate of drug-likeness (QED) is 0.551. The van der Waals surface area contributed by atoms with Crippen molar-refractivity contribution in [3.8, 4) is 0 Å². The molecule has 0 spiro atoms. The lowest BCUT2D eigenvalue weighted by Crippen LogP contribution is -2.39. The Morgan fingerprint density at radius 1 is 1.08 bits per heavy atom. The van der Waals surface area contributed by atoms with E-state index < -0.39 is 42.3 Å². The Kier molecular flexibility index (Phi) is 7.35. The van der Waals surface area contributed by atoms with Crippen molar-refractivity contribution in [3.05, 3.63) is 23.2 Å². The number of nitrogens with one attached hydrogen (secondary N) is 2. The molecule has 0 heterocycles. The van der Waals surface area contributed by atoms with E-state index in [1.165, 1.54) is 0 Å². The largest absolute Gasteiger partial charge is 0.347 e. The summed E-state index contributed by atoms with van der Waals surface area (Å²) in [6.07, 6.45) is 1.67. The highest BCUT2D eigenvalue weighted by atomic mass is 35.5. The second kappa shape index (κ2) is 8.61. The summed E-state index contributed by atoms with van der Waals surface area (Å²) >= 11 is 5.70. The van der Waals surface area contributed by atoms with Crippen molar-refractivity contribution >= 4 is 43.5 Å². The van der Waals surface area contributed by atoms with Crippen LogP contribution >= 0.6 is 11.6 Å². The average molecular weight is 412 g/mol. The third-order valence-electron chi connectivity index (χ3n) is 2.94. The van der Waals surface area contributed by atoms with Crippen LogP contribution in [0.1, 0.15) is 26.2 Å². The van der Waals surface area contributed by atoms with Crippen LogP contribution in [0.15, 0.2) is 28.0 Å². The second-order valence-corrected chi connectivity index (χ2v) is 8.76. The lowest BCUT2D eigenvalue weighted by molar-refractivity contribution is -0.125. The fraction of sp³-hybridized carbons (Fsp3) is 0.385. The van der Waals surface area contributed by atoms with Crippen molar-refractivity contribution in [1.82, 2.24) is 10.0 Å². The molecule has 9 nitrogen and oxygen atoms in total. The van der Waals surface area contributed by atoms with E-state index in [0.29, 0.717) is 6.42 Å². The zero-order chi connectivity index (χ0) is 19.3. The number of rotatable bonds is 8. The van der Waals surface area contributed by atoms with Gasteiger partial charge >= 0.3 is 0 Å². The summed E-state index contributed by atoms with van der Waals surface area (Å²) in [6, 6.07) is 2.72. The van der Waals surface area contributed by atoms with Gasteiger partial charge in [0, 0.05) is 11.4 Å².